The number of nitrogens with zero attached hydrogens (tertiary/aromatic N) is 1. The van der Waals surface area contributed by atoms with E-state index in [2.05, 4.69) is 10.6 Å². The summed E-state index contributed by atoms with van der Waals surface area (Å²) >= 11 is 0. The molecule has 152 valence electrons. The predicted octanol–water partition coefficient (Wildman–Crippen LogP) is 1.99. The molecule has 6 nitrogen and oxygen atoms in total. The van der Waals surface area contributed by atoms with Gasteiger partial charge in [-0.2, -0.15) is 4.31 Å². The van der Waals surface area contributed by atoms with E-state index in [0.29, 0.717) is 30.8 Å². The van der Waals surface area contributed by atoms with Gasteiger partial charge in [-0.25, -0.2) is 8.42 Å². The SMILES string of the molecule is Cc1ccc(S(=O)(=O)N2CCC(C(=O)NC3CCCNC3)CC2)c(C)c1.Cl. The number of carbonyl (C=O) groups is 1. The summed E-state index contributed by atoms with van der Waals surface area (Å²) in [7, 11) is -3.49. The number of hydrogen-bond donors (Lipinski definition) is 2. The van der Waals surface area contributed by atoms with Crippen LogP contribution in [0.3, 0.4) is 0 Å². The number of hydrogen-bond acceptors (Lipinski definition) is 4. The molecule has 1 aromatic rings. The fourth-order valence-electron chi connectivity index (χ4n) is 3.88. The Morgan fingerprint density at radius 3 is 2.48 bits per heavy atom. The van der Waals surface area contributed by atoms with E-state index in [9.17, 15) is 13.2 Å². The molecule has 0 spiro atoms. The van der Waals surface area contributed by atoms with Crippen molar-refractivity contribution in [2.75, 3.05) is 26.2 Å². The number of sulfonamides is 1. The number of halogens is 1. The Balaban J connectivity index is 0.00000261. The summed E-state index contributed by atoms with van der Waals surface area (Å²) in [6.45, 7) is 6.42. The van der Waals surface area contributed by atoms with Crippen molar-refractivity contribution >= 4 is 28.3 Å². The average Bonchev–Trinajstić information content (AvgIpc) is 2.62. The number of nitrogens with one attached hydrogen (secondary N) is 2. The van der Waals surface area contributed by atoms with E-state index in [1.54, 1.807) is 6.07 Å². The molecule has 0 bridgehead atoms. The highest BCUT2D eigenvalue weighted by molar-refractivity contribution is 7.89. The molecular weight excluding hydrogens is 386 g/mol. The molecule has 2 saturated heterocycles. The van der Waals surface area contributed by atoms with Gasteiger partial charge >= 0.3 is 0 Å². The van der Waals surface area contributed by atoms with Gasteiger partial charge in [0.15, 0.2) is 0 Å². The molecule has 0 saturated carbocycles. The van der Waals surface area contributed by atoms with Gasteiger partial charge in [0, 0.05) is 31.6 Å². The molecule has 2 N–H and O–H groups in total. The van der Waals surface area contributed by atoms with E-state index in [-0.39, 0.29) is 30.3 Å². The Kier molecular flexibility index (Phi) is 7.68. The minimum Gasteiger partial charge on any atom is -0.352 e. The van der Waals surface area contributed by atoms with Gasteiger partial charge in [-0.1, -0.05) is 17.7 Å². The van der Waals surface area contributed by atoms with E-state index in [4.69, 9.17) is 0 Å². The first kappa shape index (κ1) is 22.1. The molecule has 1 amide bonds. The second-order valence-electron chi connectivity index (χ2n) is 7.50. The van der Waals surface area contributed by atoms with Crippen LogP contribution in [0.1, 0.15) is 36.8 Å². The monoisotopic (exact) mass is 415 g/mol. The lowest BCUT2D eigenvalue weighted by molar-refractivity contribution is -0.126. The van der Waals surface area contributed by atoms with E-state index < -0.39 is 10.0 Å². The molecule has 0 radical (unpaired) electrons. The smallest absolute Gasteiger partial charge is 0.243 e. The van der Waals surface area contributed by atoms with Gasteiger partial charge in [0.05, 0.1) is 4.90 Å². The molecule has 2 aliphatic rings. The lowest BCUT2D eigenvalue weighted by atomic mass is 9.96. The molecular formula is C19H30ClN3O3S. The number of piperidine rings is 2. The highest BCUT2D eigenvalue weighted by Gasteiger charge is 2.33. The van der Waals surface area contributed by atoms with Crippen molar-refractivity contribution in [2.45, 2.75) is 50.5 Å². The molecule has 1 atom stereocenters. The molecule has 8 heteroatoms. The number of amides is 1. The maximum Gasteiger partial charge on any atom is 0.243 e. The Morgan fingerprint density at radius 1 is 1.19 bits per heavy atom. The zero-order valence-electron chi connectivity index (χ0n) is 16.0. The van der Waals surface area contributed by atoms with Gasteiger partial charge in [-0.3, -0.25) is 4.79 Å². The van der Waals surface area contributed by atoms with Crippen LogP contribution < -0.4 is 10.6 Å². The molecule has 2 aliphatic heterocycles. The Bertz CT molecular complexity index is 755. The van der Waals surface area contributed by atoms with E-state index in [0.717, 1.165) is 37.1 Å². The summed E-state index contributed by atoms with van der Waals surface area (Å²) in [4.78, 5) is 12.9. The first-order valence-electron chi connectivity index (χ1n) is 9.46. The van der Waals surface area contributed by atoms with Crippen LogP contribution in [0.2, 0.25) is 0 Å². The highest BCUT2D eigenvalue weighted by atomic mass is 35.5. The maximum atomic E-state index is 12.9. The predicted molar refractivity (Wildman–Crippen MR) is 109 cm³/mol. The molecule has 0 aliphatic carbocycles. The van der Waals surface area contributed by atoms with Crippen LogP contribution in [0.25, 0.3) is 0 Å². The number of carbonyl (C=O) groups excluding carboxylic acids is 1. The summed E-state index contributed by atoms with van der Waals surface area (Å²) in [6, 6.07) is 5.62. The molecule has 2 fully saturated rings. The summed E-state index contributed by atoms with van der Waals surface area (Å²) in [5, 5.41) is 6.41. The second-order valence-corrected chi connectivity index (χ2v) is 9.41. The normalized spacial score (nSPS) is 22.1. The molecule has 3 rings (SSSR count). The van der Waals surface area contributed by atoms with Gasteiger partial charge < -0.3 is 10.6 Å². The van der Waals surface area contributed by atoms with E-state index in [1.165, 1.54) is 4.31 Å². The molecule has 0 aromatic heterocycles. The third kappa shape index (κ3) is 5.22. The van der Waals surface area contributed by atoms with Crippen molar-refractivity contribution in [1.29, 1.82) is 0 Å². The fourth-order valence-corrected chi connectivity index (χ4v) is 5.56. The average molecular weight is 416 g/mol. The lowest BCUT2D eigenvalue weighted by Gasteiger charge is -2.32. The Hall–Kier alpha value is -1.15. The minimum absolute atomic E-state index is 0. The molecule has 1 unspecified atom stereocenters. The fraction of sp³-hybridized carbons (Fsp3) is 0.632. The Labute approximate surface area is 168 Å². The van der Waals surface area contributed by atoms with Crippen molar-refractivity contribution in [1.82, 2.24) is 14.9 Å². The largest absolute Gasteiger partial charge is 0.352 e. The summed E-state index contributed by atoms with van der Waals surface area (Å²) in [5.74, 6) is -0.0234. The number of aryl methyl sites for hydroxylation is 2. The zero-order valence-corrected chi connectivity index (χ0v) is 17.7. The van der Waals surface area contributed by atoms with Crippen molar-refractivity contribution in [3.05, 3.63) is 29.3 Å². The van der Waals surface area contributed by atoms with Crippen molar-refractivity contribution in [3.63, 3.8) is 0 Å². The standard InChI is InChI=1S/C19H29N3O3S.ClH/c1-14-5-6-18(15(2)12-14)26(24,25)22-10-7-16(8-11-22)19(23)21-17-4-3-9-20-13-17;/h5-6,12,16-17,20H,3-4,7-11,13H2,1-2H3,(H,21,23);1H. The van der Waals surface area contributed by atoms with Crippen LogP contribution in [-0.4, -0.2) is 50.9 Å². The van der Waals surface area contributed by atoms with Gasteiger partial charge in [0.2, 0.25) is 15.9 Å². The zero-order chi connectivity index (χ0) is 18.7. The van der Waals surface area contributed by atoms with Crippen molar-refractivity contribution < 1.29 is 13.2 Å². The molecule has 27 heavy (non-hydrogen) atoms. The van der Waals surface area contributed by atoms with E-state index in [1.807, 2.05) is 26.0 Å². The maximum absolute atomic E-state index is 12.9. The number of benzene rings is 1. The summed E-state index contributed by atoms with van der Waals surface area (Å²) in [5.41, 5.74) is 1.82. The first-order valence-corrected chi connectivity index (χ1v) is 10.9. The topological polar surface area (TPSA) is 78.5 Å². The van der Waals surface area contributed by atoms with Gasteiger partial charge in [-0.05, 0) is 57.7 Å². The number of rotatable bonds is 4. The summed E-state index contributed by atoms with van der Waals surface area (Å²) < 4.78 is 27.4. The lowest BCUT2D eigenvalue weighted by Crippen LogP contribution is -2.49. The molecule has 1 aromatic carbocycles. The van der Waals surface area contributed by atoms with Crippen LogP contribution in [0, 0.1) is 19.8 Å². The Morgan fingerprint density at radius 2 is 1.89 bits per heavy atom. The second kappa shape index (κ2) is 9.37. The van der Waals surface area contributed by atoms with Crippen molar-refractivity contribution in [2.24, 2.45) is 5.92 Å². The van der Waals surface area contributed by atoms with Crippen LogP contribution in [0.5, 0.6) is 0 Å². The quantitative estimate of drug-likeness (QED) is 0.788. The summed E-state index contributed by atoms with van der Waals surface area (Å²) in [6.07, 6.45) is 3.25. The van der Waals surface area contributed by atoms with Gasteiger partial charge in [0.25, 0.3) is 0 Å². The first-order chi connectivity index (χ1) is 12.4. The van der Waals surface area contributed by atoms with E-state index >= 15 is 0 Å². The van der Waals surface area contributed by atoms with Crippen molar-refractivity contribution in [3.8, 4) is 0 Å². The van der Waals surface area contributed by atoms with Crippen LogP contribution in [0.15, 0.2) is 23.1 Å². The molecule has 2 heterocycles. The van der Waals surface area contributed by atoms with Crippen LogP contribution in [0.4, 0.5) is 0 Å². The van der Waals surface area contributed by atoms with Crippen LogP contribution >= 0.6 is 12.4 Å². The van der Waals surface area contributed by atoms with Gasteiger partial charge in [0.1, 0.15) is 0 Å². The highest BCUT2D eigenvalue weighted by Crippen LogP contribution is 2.26. The third-order valence-electron chi connectivity index (χ3n) is 5.42. The third-order valence-corrected chi connectivity index (χ3v) is 7.48. The van der Waals surface area contributed by atoms with Crippen LogP contribution in [-0.2, 0) is 14.8 Å². The minimum atomic E-state index is -3.49. The van der Waals surface area contributed by atoms with Gasteiger partial charge in [-0.15, -0.1) is 12.4 Å².